The average Bonchev–Trinajstić information content (AvgIpc) is 2.34. The average molecular weight is 257 g/mol. The maximum Gasteiger partial charge on any atom is 0.303 e. The summed E-state index contributed by atoms with van der Waals surface area (Å²) in [6.45, 7) is 6.09. The highest BCUT2D eigenvalue weighted by molar-refractivity contribution is 5.76. The number of morpholine rings is 1. The highest BCUT2D eigenvalue weighted by Gasteiger charge is 2.25. The van der Waals surface area contributed by atoms with Gasteiger partial charge in [0.1, 0.15) is 0 Å². The fraction of sp³-hybridized carbons (Fsp3) is 0.846. The van der Waals surface area contributed by atoms with Crippen LogP contribution in [0.3, 0.4) is 0 Å². The minimum Gasteiger partial charge on any atom is -0.481 e. The van der Waals surface area contributed by atoms with Crippen molar-refractivity contribution in [1.82, 2.24) is 4.90 Å². The molecule has 5 nitrogen and oxygen atoms in total. The van der Waals surface area contributed by atoms with E-state index < -0.39 is 5.97 Å². The molecule has 104 valence electrons. The Morgan fingerprint density at radius 1 is 1.33 bits per heavy atom. The van der Waals surface area contributed by atoms with Crippen LogP contribution in [0.15, 0.2) is 0 Å². The van der Waals surface area contributed by atoms with Crippen LogP contribution in [-0.4, -0.2) is 47.7 Å². The van der Waals surface area contributed by atoms with Crippen molar-refractivity contribution in [3.63, 3.8) is 0 Å². The Kier molecular flexibility index (Phi) is 6.12. The van der Waals surface area contributed by atoms with Gasteiger partial charge in [-0.1, -0.05) is 13.8 Å². The van der Waals surface area contributed by atoms with E-state index in [1.165, 1.54) is 0 Å². The lowest BCUT2D eigenvalue weighted by Crippen LogP contribution is -2.47. The molecule has 0 aromatic carbocycles. The van der Waals surface area contributed by atoms with Gasteiger partial charge in [-0.25, -0.2) is 0 Å². The summed E-state index contributed by atoms with van der Waals surface area (Å²) in [6.07, 6.45) is 1.93. The third-order valence-corrected chi connectivity index (χ3v) is 3.22. The summed E-state index contributed by atoms with van der Waals surface area (Å²) in [5, 5.41) is 8.51. The third-order valence-electron chi connectivity index (χ3n) is 3.22. The van der Waals surface area contributed by atoms with Crippen LogP contribution in [0.25, 0.3) is 0 Å². The normalized spacial score (nSPS) is 20.2. The van der Waals surface area contributed by atoms with E-state index in [-0.39, 0.29) is 18.4 Å². The molecule has 1 aliphatic rings. The number of carbonyl (C=O) groups excluding carboxylic acids is 1. The molecule has 0 bridgehead atoms. The lowest BCUT2D eigenvalue weighted by molar-refractivity contribution is -0.141. The maximum atomic E-state index is 11.9. The standard InChI is InChI=1S/C13H23NO4/c1-10(2)11-9-14(7-8-18-11)12(15)5-3-4-6-13(16)17/h10-11H,3-9H2,1-2H3,(H,16,17). The number of amides is 1. The summed E-state index contributed by atoms with van der Waals surface area (Å²) < 4.78 is 5.61. The molecule has 1 saturated heterocycles. The number of nitrogens with zero attached hydrogens (tertiary/aromatic N) is 1. The van der Waals surface area contributed by atoms with Crippen LogP contribution >= 0.6 is 0 Å². The fourth-order valence-corrected chi connectivity index (χ4v) is 2.02. The summed E-state index contributed by atoms with van der Waals surface area (Å²) in [5.74, 6) is -0.268. The molecule has 1 amide bonds. The van der Waals surface area contributed by atoms with Gasteiger partial charge >= 0.3 is 5.97 Å². The molecule has 0 aromatic rings. The van der Waals surface area contributed by atoms with Gasteiger partial charge in [0.05, 0.1) is 12.7 Å². The van der Waals surface area contributed by atoms with Crippen molar-refractivity contribution < 1.29 is 19.4 Å². The van der Waals surface area contributed by atoms with Gasteiger partial charge in [0.2, 0.25) is 5.91 Å². The van der Waals surface area contributed by atoms with Crippen molar-refractivity contribution in [3.8, 4) is 0 Å². The van der Waals surface area contributed by atoms with Crippen LogP contribution in [0.5, 0.6) is 0 Å². The summed E-state index contributed by atoms with van der Waals surface area (Å²) >= 11 is 0. The summed E-state index contributed by atoms with van der Waals surface area (Å²) in [6, 6.07) is 0. The molecule has 0 radical (unpaired) electrons. The molecule has 1 N–H and O–H groups in total. The molecule has 1 heterocycles. The molecule has 1 fully saturated rings. The predicted molar refractivity (Wildman–Crippen MR) is 67.3 cm³/mol. The first kappa shape index (κ1) is 15.0. The van der Waals surface area contributed by atoms with E-state index >= 15 is 0 Å². The third kappa shape index (κ3) is 5.04. The van der Waals surface area contributed by atoms with Gasteiger partial charge in [0.25, 0.3) is 0 Å². The number of aliphatic carboxylic acids is 1. The second-order valence-electron chi connectivity index (χ2n) is 5.09. The molecule has 18 heavy (non-hydrogen) atoms. The van der Waals surface area contributed by atoms with Crippen molar-refractivity contribution in [2.24, 2.45) is 5.92 Å². The molecule has 0 saturated carbocycles. The Bertz CT molecular complexity index is 291. The second-order valence-corrected chi connectivity index (χ2v) is 5.09. The molecule has 1 unspecified atom stereocenters. The molecule has 0 spiro atoms. The Morgan fingerprint density at radius 2 is 2.00 bits per heavy atom. The van der Waals surface area contributed by atoms with E-state index in [1.54, 1.807) is 0 Å². The van der Waals surface area contributed by atoms with E-state index in [0.717, 1.165) is 0 Å². The van der Waals surface area contributed by atoms with Crippen molar-refractivity contribution >= 4 is 11.9 Å². The van der Waals surface area contributed by atoms with Crippen LogP contribution in [-0.2, 0) is 14.3 Å². The molecule has 1 atom stereocenters. The van der Waals surface area contributed by atoms with E-state index in [9.17, 15) is 9.59 Å². The second kappa shape index (κ2) is 7.36. The molecular formula is C13H23NO4. The Balaban J connectivity index is 2.26. The van der Waals surface area contributed by atoms with Gasteiger partial charge in [-0.3, -0.25) is 9.59 Å². The number of carboxylic acids is 1. The van der Waals surface area contributed by atoms with Gasteiger partial charge in [-0.15, -0.1) is 0 Å². The molecule has 0 aliphatic carbocycles. The van der Waals surface area contributed by atoms with Crippen molar-refractivity contribution in [2.75, 3.05) is 19.7 Å². The van der Waals surface area contributed by atoms with Gasteiger partial charge in [0.15, 0.2) is 0 Å². The highest BCUT2D eigenvalue weighted by atomic mass is 16.5. The minimum absolute atomic E-state index is 0.120. The zero-order valence-electron chi connectivity index (χ0n) is 11.2. The largest absolute Gasteiger partial charge is 0.481 e. The number of carbonyl (C=O) groups is 2. The van der Waals surface area contributed by atoms with Gasteiger partial charge in [-0.05, 0) is 18.8 Å². The monoisotopic (exact) mass is 257 g/mol. The predicted octanol–water partition coefficient (Wildman–Crippen LogP) is 1.51. The minimum atomic E-state index is -0.798. The topological polar surface area (TPSA) is 66.8 Å². The quantitative estimate of drug-likeness (QED) is 0.732. The Morgan fingerprint density at radius 3 is 2.61 bits per heavy atom. The number of hydrogen-bond acceptors (Lipinski definition) is 3. The van der Waals surface area contributed by atoms with Crippen LogP contribution < -0.4 is 0 Å². The highest BCUT2D eigenvalue weighted by Crippen LogP contribution is 2.15. The van der Waals surface area contributed by atoms with E-state index in [1.807, 2.05) is 4.90 Å². The van der Waals surface area contributed by atoms with Crippen molar-refractivity contribution in [3.05, 3.63) is 0 Å². The molecule has 1 rings (SSSR count). The van der Waals surface area contributed by atoms with Gasteiger partial charge in [0, 0.05) is 25.9 Å². The Hall–Kier alpha value is -1.10. The Labute approximate surface area is 108 Å². The number of rotatable bonds is 6. The molecule has 5 heteroatoms. The van der Waals surface area contributed by atoms with Gasteiger partial charge < -0.3 is 14.7 Å². The fourth-order valence-electron chi connectivity index (χ4n) is 2.02. The lowest BCUT2D eigenvalue weighted by atomic mass is 10.1. The number of carboxylic acid groups (broad SMARTS) is 1. The lowest BCUT2D eigenvalue weighted by Gasteiger charge is -2.35. The zero-order valence-corrected chi connectivity index (χ0v) is 11.2. The van der Waals surface area contributed by atoms with Crippen LogP contribution in [0.1, 0.15) is 39.5 Å². The van der Waals surface area contributed by atoms with Gasteiger partial charge in [-0.2, -0.15) is 0 Å². The van der Waals surface area contributed by atoms with E-state index in [2.05, 4.69) is 13.8 Å². The number of hydrogen-bond donors (Lipinski definition) is 1. The molecular weight excluding hydrogens is 234 g/mol. The first-order valence-electron chi connectivity index (χ1n) is 6.62. The van der Waals surface area contributed by atoms with Crippen molar-refractivity contribution in [2.45, 2.75) is 45.6 Å². The molecule has 0 aromatic heterocycles. The number of ether oxygens (including phenoxy) is 1. The zero-order chi connectivity index (χ0) is 13.5. The number of unbranched alkanes of at least 4 members (excludes halogenated alkanes) is 1. The van der Waals surface area contributed by atoms with Crippen LogP contribution in [0, 0.1) is 5.92 Å². The van der Waals surface area contributed by atoms with Crippen LogP contribution in [0.2, 0.25) is 0 Å². The SMILES string of the molecule is CC(C)C1CN(C(=O)CCCCC(=O)O)CCO1. The van der Waals surface area contributed by atoms with Crippen molar-refractivity contribution in [1.29, 1.82) is 0 Å². The first-order chi connectivity index (χ1) is 8.50. The summed E-state index contributed by atoms with van der Waals surface area (Å²) in [4.78, 5) is 24.1. The van der Waals surface area contributed by atoms with E-state index in [0.29, 0.717) is 44.9 Å². The van der Waals surface area contributed by atoms with Crippen LogP contribution in [0.4, 0.5) is 0 Å². The summed E-state index contributed by atoms with van der Waals surface area (Å²) in [7, 11) is 0. The molecule has 1 aliphatic heterocycles. The first-order valence-corrected chi connectivity index (χ1v) is 6.62. The summed E-state index contributed by atoms with van der Waals surface area (Å²) in [5.41, 5.74) is 0. The smallest absolute Gasteiger partial charge is 0.303 e. The van der Waals surface area contributed by atoms with E-state index in [4.69, 9.17) is 9.84 Å². The maximum absolute atomic E-state index is 11.9.